The number of hydrogen-bond acceptors (Lipinski definition) is 6. The second kappa shape index (κ2) is 11.4. The minimum absolute atomic E-state index is 0.0206. The molecule has 4 rings (SSSR count). The highest BCUT2D eigenvalue weighted by Crippen LogP contribution is 2.30. The van der Waals surface area contributed by atoms with Crippen LogP contribution in [0.1, 0.15) is 61.0 Å². The minimum atomic E-state index is -0.966. The molecule has 0 spiro atoms. The van der Waals surface area contributed by atoms with Gasteiger partial charge < -0.3 is 19.8 Å². The van der Waals surface area contributed by atoms with E-state index in [9.17, 15) is 15.0 Å². The molecule has 2 heterocycles. The molecule has 7 nitrogen and oxygen atoms in total. The lowest BCUT2D eigenvalue weighted by atomic mass is 9.99. The molecule has 1 aromatic heterocycles. The van der Waals surface area contributed by atoms with Crippen molar-refractivity contribution in [2.75, 3.05) is 26.7 Å². The fourth-order valence-electron chi connectivity index (χ4n) is 4.93. The van der Waals surface area contributed by atoms with Gasteiger partial charge >= 0.3 is 0 Å². The van der Waals surface area contributed by atoms with Crippen LogP contribution in [0.4, 0.5) is 0 Å². The number of amides is 1. The molecule has 1 amide bonds. The Kier molecular flexibility index (Phi) is 8.30. The van der Waals surface area contributed by atoms with Crippen LogP contribution < -0.4 is 4.74 Å². The molecule has 3 atom stereocenters. The summed E-state index contributed by atoms with van der Waals surface area (Å²) in [5.74, 6) is 6.08. The third-order valence-corrected chi connectivity index (χ3v) is 7.18. The van der Waals surface area contributed by atoms with E-state index in [1.54, 1.807) is 17.2 Å². The van der Waals surface area contributed by atoms with Crippen molar-refractivity contribution in [1.82, 2.24) is 14.8 Å². The third kappa shape index (κ3) is 6.25. The molecule has 7 heteroatoms. The molecule has 0 unspecified atom stereocenters. The molecule has 1 aliphatic carbocycles. The number of carbonyl (C=O) groups is 1. The number of aliphatic hydroxyl groups excluding tert-OH is 1. The van der Waals surface area contributed by atoms with Crippen LogP contribution in [0.2, 0.25) is 0 Å². The SMILES string of the molecule is C[C@@H]1CN([C@H](C)CO)C(=O)c2cc(C#CC3(O)CCCC3)cnc2O[C@H]1CN(C)Cc1ccccc1. The highest BCUT2D eigenvalue weighted by molar-refractivity contribution is 5.97. The van der Waals surface area contributed by atoms with E-state index in [2.05, 4.69) is 47.8 Å². The molecule has 2 N–H and O–H groups in total. The van der Waals surface area contributed by atoms with Crippen molar-refractivity contribution in [2.45, 2.75) is 63.8 Å². The Morgan fingerprint density at radius 3 is 2.69 bits per heavy atom. The zero-order valence-corrected chi connectivity index (χ0v) is 21.5. The predicted molar refractivity (Wildman–Crippen MR) is 138 cm³/mol. The molecule has 0 bridgehead atoms. The average Bonchev–Trinajstić information content (AvgIpc) is 3.31. The highest BCUT2D eigenvalue weighted by atomic mass is 16.5. The van der Waals surface area contributed by atoms with Gasteiger partial charge in [0, 0.05) is 37.3 Å². The van der Waals surface area contributed by atoms with Gasteiger partial charge in [0.2, 0.25) is 5.88 Å². The Bertz CT molecular complexity index is 1100. The zero-order chi connectivity index (χ0) is 25.7. The van der Waals surface area contributed by atoms with Gasteiger partial charge in [0.15, 0.2) is 0 Å². The molecule has 1 fully saturated rings. The summed E-state index contributed by atoms with van der Waals surface area (Å²) in [6.07, 6.45) is 4.66. The molecule has 1 aromatic carbocycles. The van der Waals surface area contributed by atoms with Gasteiger partial charge in [-0.1, -0.05) is 49.1 Å². The monoisotopic (exact) mass is 491 g/mol. The van der Waals surface area contributed by atoms with Crippen LogP contribution in [0.25, 0.3) is 0 Å². The standard InChI is InChI=1S/C29H37N3O4/c1-21-17-32(22(2)20-33)28(34)25-15-24(11-14-29(35)12-7-8-13-29)16-30-27(25)36-26(21)19-31(3)18-23-9-5-4-6-10-23/h4-6,9-10,15-16,21-22,26,33,35H,7-8,12-13,17-20H2,1-3H3/t21-,22-,26+/m1/s1. The van der Waals surface area contributed by atoms with Crippen LogP contribution in [0.5, 0.6) is 5.88 Å². The Balaban J connectivity index is 1.61. The molecule has 2 aliphatic rings. The molecule has 0 saturated heterocycles. The summed E-state index contributed by atoms with van der Waals surface area (Å²) >= 11 is 0. The number of fused-ring (bicyclic) bond motifs is 1. The molecule has 1 saturated carbocycles. The summed E-state index contributed by atoms with van der Waals surface area (Å²) in [7, 11) is 2.06. The number of likely N-dealkylation sites (N-methyl/N-ethyl adjacent to an activating group) is 1. The summed E-state index contributed by atoms with van der Waals surface area (Å²) in [5.41, 5.74) is 1.15. The van der Waals surface area contributed by atoms with Crippen molar-refractivity contribution >= 4 is 5.91 Å². The van der Waals surface area contributed by atoms with Crippen LogP contribution >= 0.6 is 0 Å². The number of carbonyl (C=O) groups excluding carboxylic acids is 1. The number of rotatable bonds is 6. The van der Waals surface area contributed by atoms with Gasteiger partial charge in [-0.3, -0.25) is 9.69 Å². The van der Waals surface area contributed by atoms with Gasteiger partial charge in [0.05, 0.1) is 12.6 Å². The van der Waals surface area contributed by atoms with Gasteiger partial charge in [0.25, 0.3) is 5.91 Å². The van der Waals surface area contributed by atoms with Crippen LogP contribution in [-0.4, -0.2) is 75.4 Å². The first kappa shape index (κ1) is 26.2. The molecule has 36 heavy (non-hydrogen) atoms. The fourth-order valence-corrected chi connectivity index (χ4v) is 4.93. The van der Waals surface area contributed by atoms with Gasteiger partial charge in [0.1, 0.15) is 17.3 Å². The van der Waals surface area contributed by atoms with Gasteiger partial charge in [-0.05, 0) is 51.3 Å². The first-order chi connectivity index (χ1) is 17.3. The first-order valence-corrected chi connectivity index (χ1v) is 12.8. The number of aromatic nitrogens is 1. The Labute approximate surface area is 214 Å². The smallest absolute Gasteiger partial charge is 0.259 e. The van der Waals surface area contributed by atoms with Crippen molar-refractivity contribution < 1.29 is 19.7 Å². The number of benzene rings is 1. The number of hydrogen-bond donors (Lipinski definition) is 2. The van der Waals surface area contributed by atoms with Gasteiger partial charge in [-0.25, -0.2) is 4.98 Å². The number of nitrogens with zero attached hydrogens (tertiary/aromatic N) is 3. The van der Waals surface area contributed by atoms with Crippen molar-refractivity contribution in [3.05, 3.63) is 59.3 Å². The molecule has 192 valence electrons. The molecule has 1 aliphatic heterocycles. The molecule has 2 aromatic rings. The van der Waals surface area contributed by atoms with Crippen molar-refractivity contribution in [1.29, 1.82) is 0 Å². The maximum Gasteiger partial charge on any atom is 0.259 e. The maximum absolute atomic E-state index is 13.6. The summed E-state index contributed by atoms with van der Waals surface area (Å²) in [4.78, 5) is 22.0. The van der Waals surface area contributed by atoms with E-state index in [-0.39, 0.29) is 36.5 Å². The average molecular weight is 492 g/mol. The van der Waals surface area contributed by atoms with E-state index in [0.717, 1.165) is 19.4 Å². The van der Waals surface area contributed by atoms with Crippen molar-refractivity contribution in [3.8, 4) is 17.7 Å². The zero-order valence-electron chi connectivity index (χ0n) is 21.5. The van der Waals surface area contributed by atoms with Crippen molar-refractivity contribution in [2.24, 2.45) is 5.92 Å². The largest absolute Gasteiger partial charge is 0.472 e. The lowest BCUT2D eigenvalue weighted by Crippen LogP contribution is -2.49. The quantitative estimate of drug-likeness (QED) is 0.604. The van der Waals surface area contributed by atoms with E-state index < -0.39 is 5.60 Å². The lowest BCUT2D eigenvalue weighted by molar-refractivity contribution is 0.0325. The second-order valence-corrected chi connectivity index (χ2v) is 10.4. The van der Waals surface area contributed by atoms with Crippen LogP contribution in [0, 0.1) is 17.8 Å². The summed E-state index contributed by atoms with van der Waals surface area (Å²) in [6, 6.07) is 11.6. The molecular formula is C29H37N3O4. The van der Waals surface area contributed by atoms with Crippen LogP contribution in [0.15, 0.2) is 42.6 Å². The lowest BCUT2D eigenvalue weighted by Gasteiger charge is -2.37. The number of pyridine rings is 1. The van der Waals surface area contributed by atoms with Crippen molar-refractivity contribution in [3.63, 3.8) is 0 Å². The molecule has 0 radical (unpaired) electrons. The van der Waals surface area contributed by atoms with Crippen LogP contribution in [0.3, 0.4) is 0 Å². The molecular weight excluding hydrogens is 454 g/mol. The van der Waals surface area contributed by atoms with Gasteiger partial charge in [-0.2, -0.15) is 0 Å². The Hall–Kier alpha value is -2.92. The summed E-state index contributed by atoms with van der Waals surface area (Å²) in [6.45, 7) is 5.67. The van der Waals surface area contributed by atoms with E-state index in [4.69, 9.17) is 4.74 Å². The topological polar surface area (TPSA) is 86.1 Å². The third-order valence-electron chi connectivity index (χ3n) is 7.18. The Morgan fingerprint density at radius 1 is 1.28 bits per heavy atom. The highest BCUT2D eigenvalue weighted by Gasteiger charge is 2.34. The van der Waals surface area contributed by atoms with E-state index in [0.29, 0.717) is 37.1 Å². The van der Waals surface area contributed by atoms with E-state index >= 15 is 0 Å². The van der Waals surface area contributed by atoms with E-state index in [1.807, 2.05) is 25.1 Å². The van der Waals surface area contributed by atoms with E-state index in [1.165, 1.54) is 5.56 Å². The predicted octanol–water partition coefficient (Wildman–Crippen LogP) is 3.09. The summed E-state index contributed by atoms with van der Waals surface area (Å²) < 4.78 is 6.38. The Morgan fingerprint density at radius 2 is 2.00 bits per heavy atom. The van der Waals surface area contributed by atoms with Crippen LogP contribution in [-0.2, 0) is 6.54 Å². The van der Waals surface area contributed by atoms with Gasteiger partial charge in [-0.15, -0.1) is 0 Å². The normalized spacial score (nSPS) is 22.2. The minimum Gasteiger partial charge on any atom is -0.472 e. The number of ether oxygens (including phenoxy) is 1. The fraction of sp³-hybridized carbons (Fsp3) is 0.517. The second-order valence-electron chi connectivity index (χ2n) is 10.4. The number of aliphatic hydroxyl groups is 2. The summed E-state index contributed by atoms with van der Waals surface area (Å²) in [5, 5.41) is 20.5. The first-order valence-electron chi connectivity index (χ1n) is 12.8. The maximum atomic E-state index is 13.6.